The van der Waals surface area contributed by atoms with Crippen molar-refractivity contribution in [1.82, 2.24) is 5.32 Å². The molecule has 0 aliphatic heterocycles. The third-order valence-corrected chi connectivity index (χ3v) is 3.23. The van der Waals surface area contributed by atoms with Crippen LogP contribution >= 0.6 is 0 Å². The van der Waals surface area contributed by atoms with Gasteiger partial charge in [0.05, 0.1) is 0 Å². The topological polar surface area (TPSA) is 12.0 Å². The number of unbranched alkanes of at least 4 members (excludes halogenated alkanes) is 9. The third-order valence-electron chi connectivity index (χ3n) is 3.23. The summed E-state index contributed by atoms with van der Waals surface area (Å²) in [5.41, 5.74) is 0. The molecule has 0 aliphatic carbocycles. The van der Waals surface area contributed by atoms with E-state index in [1.54, 1.807) is 0 Å². The van der Waals surface area contributed by atoms with Crippen molar-refractivity contribution in [3.63, 3.8) is 0 Å². The summed E-state index contributed by atoms with van der Waals surface area (Å²) in [6.07, 6.45) is 17.3. The molecule has 0 amide bonds. The molecule has 0 saturated heterocycles. The molecular formula is C16H33N. The summed E-state index contributed by atoms with van der Waals surface area (Å²) in [5, 5.41) is 3.44. The number of rotatable bonds is 14. The standard InChI is InChI=1S/C16H33N/c1-3-5-7-8-9-10-11-12-13-14-16-17-15-6-4-2/h4,17H,2-3,5-16H2,1H3. The SMILES string of the molecule is C=CCCNCCCCCCCCCCCC. The van der Waals surface area contributed by atoms with Crippen LogP contribution in [0.25, 0.3) is 0 Å². The second kappa shape index (κ2) is 15.7. The van der Waals surface area contributed by atoms with Crippen LogP contribution in [0, 0.1) is 0 Å². The molecule has 0 aromatic heterocycles. The lowest BCUT2D eigenvalue weighted by atomic mass is 10.1. The van der Waals surface area contributed by atoms with Crippen molar-refractivity contribution in [2.45, 2.75) is 77.6 Å². The molecule has 17 heavy (non-hydrogen) atoms. The average molecular weight is 239 g/mol. The number of nitrogens with one attached hydrogen (secondary N) is 1. The molecule has 0 spiro atoms. The fourth-order valence-electron chi connectivity index (χ4n) is 2.07. The second-order valence-electron chi connectivity index (χ2n) is 5.01. The van der Waals surface area contributed by atoms with Crippen molar-refractivity contribution >= 4 is 0 Å². The van der Waals surface area contributed by atoms with Crippen molar-refractivity contribution in [1.29, 1.82) is 0 Å². The van der Waals surface area contributed by atoms with Gasteiger partial charge in [-0.05, 0) is 25.9 Å². The third kappa shape index (κ3) is 15.7. The van der Waals surface area contributed by atoms with E-state index in [0.29, 0.717) is 0 Å². The van der Waals surface area contributed by atoms with Crippen molar-refractivity contribution < 1.29 is 0 Å². The molecule has 1 nitrogen and oxygen atoms in total. The van der Waals surface area contributed by atoms with E-state index in [9.17, 15) is 0 Å². The maximum atomic E-state index is 3.71. The number of hydrogen-bond donors (Lipinski definition) is 1. The van der Waals surface area contributed by atoms with E-state index >= 15 is 0 Å². The lowest BCUT2D eigenvalue weighted by molar-refractivity contribution is 0.545. The van der Waals surface area contributed by atoms with E-state index in [1.165, 1.54) is 70.8 Å². The van der Waals surface area contributed by atoms with Gasteiger partial charge < -0.3 is 5.32 Å². The molecule has 102 valence electrons. The van der Waals surface area contributed by atoms with Gasteiger partial charge in [-0.15, -0.1) is 6.58 Å². The highest BCUT2D eigenvalue weighted by atomic mass is 14.8. The molecule has 0 radical (unpaired) electrons. The molecule has 0 unspecified atom stereocenters. The predicted molar refractivity (Wildman–Crippen MR) is 79.5 cm³/mol. The second-order valence-corrected chi connectivity index (χ2v) is 5.01. The monoisotopic (exact) mass is 239 g/mol. The van der Waals surface area contributed by atoms with E-state index in [-0.39, 0.29) is 0 Å². The molecule has 0 heterocycles. The largest absolute Gasteiger partial charge is 0.316 e. The molecule has 0 aromatic rings. The fourth-order valence-corrected chi connectivity index (χ4v) is 2.07. The van der Waals surface area contributed by atoms with Gasteiger partial charge in [-0.25, -0.2) is 0 Å². The molecule has 0 rings (SSSR count). The highest BCUT2D eigenvalue weighted by Crippen LogP contribution is 2.10. The van der Waals surface area contributed by atoms with Gasteiger partial charge in [0, 0.05) is 0 Å². The van der Waals surface area contributed by atoms with E-state index in [2.05, 4.69) is 18.8 Å². The van der Waals surface area contributed by atoms with Crippen LogP contribution in [0.1, 0.15) is 77.6 Å². The summed E-state index contributed by atoms with van der Waals surface area (Å²) in [6, 6.07) is 0. The van der Waals surface area contributed by atoms with Crippen LogP contribution in [0.2, 0.25) is 0 Å². The quantitative estimate of drug-likeness (QED) is 0.329. The van der Waals surface area contributed by atoms with E-state index < -0.39 is 0 Å². The first-order chi connectivity index (χ1) is 8.41. The maximum Gasteiger partial charge on any atom is -0.00144 e. The van der Waals surface area contributed by atoms with E-state index in [0.717, 1.165) is 13.0 Å². The Hall–Kier alpha value is -0.300. The summed E-state index contributed by atoms with van der Waals surface area (Å²) in [4.78, 5) is 0. The molecule has 0 aliphatic rings. The molecule has 0 atom stereocenters. The van der Waals surface area contributed by atoms with Gasteiger partial charge >= 0.3 is 0 Å². The lowest BCUT2D eigenvalue weighted by Crippen LogP contribution is -2.15. The highest BCUT2D eigenvalue weighted by Gasteiger charge is 1.92. The highest BCUT2D eigenvalue weighted by molar-refractivity contribution is 4.67. The Labute approximate surface area is 109 Å². The minimum absolute atomic E-state index is 1.10. The van der Waals surface area contributed by atoms with Gasteiger partial charge in [0.25, 0.3) is 0 Å². The summed E-state index contributed by atoms with van der Waals surface area (Å²) in [6.45, 7) is 8.28. The zero-order valence-electron chi connectivity index (χ0n) is 12.0. The summed E-state index contributed by atoms with van der Waals surface area (Å²) in [7, 11) is 0. The predicted octanol–water partition coefficient (Wildman–Crippen LogP) is 5.07. The summed E-state index contributed by atoms with van der Waals surface area (Å²) < 4.78 is 0. The lowest BCUT2D eigenvalue weighted by Gasteiger charge is -2.03. The van der Waals surface area contributed by atoms with Gasteiger partial charge in [-0.2, -0.15) is 0 Å². The van der Waals surface area contributed by atoms with Crippen LogP contribution in [0.4, 0.5) is 0 Å². The summed E-state index contributed by atoms with van der Waals surface area (Å²) >= 11 is 0. The minimum atomic E-state index is 1.10. The van der Waals surface area contributed by atoms with Crippen LogP contribution in [0.3, 0.4) is 0 Å². The first-order valence-corrected chi connectivity index (χ1v) is 7.73. The molecular weight excluding hydrogens is 206 g/mol. The van der Waals surface area contributed by atoms with Gasteiger partial charge in [0.1, 0.15) is 0 Å². The van der Waals surface area contributed by atoms with Crippen molar-refractivity contribution in [3.05, 3.63) is 12.7 Å². The van der Waals surface area contributed by atoms with Gasteiger partial charge in [0.2, 0.25) is 0 Å². The Morgan fingerprint density at radius 2 is 1.29 bits per heavy atom. The Morgan fingerprint density at radius 3 is 1.82 bits per heavy atom. The average Bonchev–Trinajstić information content (AvgIpc) is 2.35. The maximum absolute atomic E-state index is 3.71. The molecule has 0 fully saturated rings. The molecule has 1 N–H and O–H groups in total. The Morgan fingerprint density at radius 1 is 0.765 bits per heavy atom. The minimum Gasteiger partial charge on any atom is -0.316 e. The molecule has 1 heteroatoms. The Bertz CT molecular complexity index is 142. The zero-order chi connectivity index (χ0) is 12.6. The van der Waals surface area contributed by atoms with Crippen LogP contribution in [-0.4, -0.2) is 13.1 Å². The van der Waals surface area contributed by atoms with Gasteiger partial charge in [-0.3, -0.25) is 0 Å². The fraction of sp³-hybridized carbons (Fsp3) is 0.875. The van der Waals surface area contributed by atoms with Gasteiger partial charge in [0.15, 0.2) is 0 Å². The van der Waals surface area contributed by atoms with Crippen LogP contribution < -0.4 is 5.32 Å². The Kier molecular flexibility index (Phi) is 15.4. The van der Waals surface area contributed by atoms with Crippen LogP contribution in [-0.2, 0) is 0 Å². The normalized spacial score (nSPS) is 10.6. The first kappa shape index (κ1) is 16.7. The summed E-state index contributed by atoms with van der Waals surface area (Å²) in [5.74, 6) is 0. The van der Waals surface area contributed by atoms with Crippen LogP contribution in [0.5, 0.6) is 0 Å². The van der Waals surface area contributed by atoms with Crippen molar-refractivity contribution in [2.75, 3.05) is 13.1 Å². The van der Waals surface area contributed by atoms with Gasteiger partial charge in [-0.1, -0.05) is 70.8 Å². The van der Waals surface area contributed by atoms with E-state index in [1.807, 2.05) is 6.08 Å². The van der Waals surface area contributed by atoms with Crippen molar-refractivity contribution in [2.24, 2.45) is 0 Å². The van der Waals surface area contributed by atoms with Crippen LogP contribution in [0.15, 0.2) is 12.7 Å². The zero-order valence-corrected chi connectivity index (χ0v) is 12.0. The van der Waals surface area contributed by atoms with Crippen molar-refractivity contribution in [3.8, 4) is 0 Å². The molecule has 0 bridgehead atoms. The Balaban J connectivity index is 2.87. The molecule has 0 saturated carbocycles. The molecule has 0 aromatic carbocycles. The van der Waals surface area contributed by atoms with E-state index in [4.69, 9.17) is 0 Å². The number of hydrogen-bond acceptors (Lipinski definition) is 1. The first-order valence-electron chi connectivity index (χ1n) is 7.73. The smallest absolute Gasteiger partial charge is 0.00144 e.